The SMILES string of the molecule is O=C(OCCF)[C@H](O)[C@@H](O)[C@H](O)[C@H](O)COP(=O)(O)O. The Balaban J connectivity index is 4.40. The van der Waals surface area contributed by atoms with Gasteiger partial charge < -0.3 is 34.9 Å². The second-order valence-corrected chi connectivity index (χ2v) is 4.88. The highest BCUT2D eigenvalue weighted by atomic mass is 31.2. The van der Waals surface area contributed by atoms with Crippen molar-refractivity contribution in [3.63, 3.8) is 0 Å². The highest BCUT2D eigenvalue weighted by Crippen LogP contribution is 2.35. The number of carbonyl (C=O) groups excluding carboxylic acids is 1. The summed E-state index contributed by atoms with van der Waals surface area (Å²) < 4.78 is 30.1. The molecular weight excluding hydrogens is 306 g/mol. The molecule has 20 heavy (non-hydrogen) atoms. The van der Waals surface area contributed by atoms with Crippen LogP contribution >= 0.6 is 7.82 Å². The van der Waals surface area contributed by atoms with Gasteiger partial charge in [-0.1, -0.05) is 0 Å². The molecule has 0 saturated carbocycles. The van der Waals surface area contributed by atoms with E-state index in [1.54, 1.807) is 0 Å². The van der Waals surface area contributed by atoms with Crippen LogP contribution in [-0.4, -0.2) is 80.5 Å². The highest BCUT2D eigenvalue weighted by molar-refractivity contribution is 7.46. The minimum absolute atomic E-state index is 0.664. The van der Waals surface area contributed by atoms with Gasteiger partial charge in [-0.3, -0.25) is 4.52 Å². The zero-order valence-electron chi connectivity index (χ0n) is 10.1. The second kappa shape index (κ2) is 8.60. The standard InChI is InChI=1S/C8H16FO10P/c9-1-2-18-8(14)7(13)6(12)5(11)4(10)3-19-20(15,16)17/h4-7,10-13H,1-3H2,(H2,15,16,17)/t4-,5-,6+,7-/m1/s1. The van der Waals surface area contributed by atoms with Gasteiger partial charge in [0.05, 0.1) is 6.61 Å². The van der Waals surface area contributed by atoms with Crippen molar-refractivity contribution in [1.29, 1.82) is 0 Å². The van der Waals surface area contributed by atoms with Crippen molar-refractivity contribution in [2.45, 2.75) is 24.4 Å². The first-order valence-corrected chi connectivity index (χ1v) is 6.78. The summed E-state index contributed by atoms with van der Waals surface area (Å²) in [7, 11) is -4.90. The van der Waals surface area contributed by atoms with Gasteiger partial charge in [0.2, 0.25) is 0 Å². The molecule has 0 bridgehead atoms. The van der Waals surface area contributed by atoms with E-state index in [-0.39, 0.29) is 0 Å². The fourth-order valence-electron chi connectivity index (χ4n) is 1.05. The third-order valence-corrected chi connectivity index (χ3v) is 2.53. The van der Waals surface area contributed by atoms with Crippen LogP contribution in [0.15, 0.2) is 0 Å². The van der Waals surface area contributed by atoms with E-state index in [0.29, 0.717) is 0 Å². The molecule has 120 valence electrons. The topological polar surface area (TPSA) is 174 Å². The Labute approximate surface area is 112 Å². The third-order valence-electron chi connectivity index (χ3n) is 2.04. The number of phosphoric ester groups is 1. The lowest BCUT2D eigenvalue weighted by Crippen LogP contribution is -2.49. The largest absolute Gasteiger partial charge is 0.469 e. The van der Waals surface area contributed by atoms with Crippen molar-refractivity contribution < 1.29 is 53.2 Å². The molecule has 0 amide bonds. The van der Waals surface area contributed by atoms with Crippen molar-refractivity contribution in [3.05, 3.63) is 0 Å². The highest BCUT2D eigenvalue weighted by Gasteiger charge is 2.36. The number of alkyl halides is 1. The summed E-state index contributed by atoms with van der Waals surface area (Å²) in [6, 6.07) is 0. The average molecular weight is 322 g/mol. The van der Waals surface area contributed by atoms with E-state index in [4.69, 9.17) is 9.79 Å². The van der Waals surface area contributed by atoms with Crippen LogP contribution in [0.5, 0.6) is 0 Å². The van der Waals surface area contributed by atoms with Gasteiger partial charge in [-0.15, -0.1) is 0 Å². The smallest absolute Gasteiger partial charge is 0.461 e. The molecule has 0 rings (SSSR count). The predicted octanol–water partition coefficient (Wildman–Crippen LogP) is -2.95. The maximum absolute atomic E-state index is 11.7. The van der Waals surface area contributed by atoms with E-state index < -0.39 is 58.1 Å². The Morgan fingerprint density at radius 2 is 1.70 bits per heavy atom. The van der Waals surface area contributed by atoms with Crippen LogP contribution in [-0.2, 0) is 18.6 Å². The number of aliphatic hydroxyl groups is 4. The summed E-state index contributed by atoms with van der Waals surface area (Å²) in [4.78, 5) is 27.8. The van der Waals surface area contributed by atoms with Gasteiger partial charge in [0, 0.05) is 0 Å². The van der Waals surface area contributed by atoms with Crippen LogP contribution in [0.1, 0.15) is 0 Å². The number of rotatable bonds is 9. The Morgan fingerprint density at radius 3 is 2.15 bits per heavy atom. The minimum atomic E-state index is -4.90. The molecule has 6 N–H and O–H groups in total. The minimum Gasteiger partial charge on any atom is -0.461 e. The van der Waals surface area contributed by atoms with Crippen LogP contribution < -0.4 is 0 Å². The maximum Gasteiger partial charge on any atom is 0.469 e. The van der Waals surface area contributed by atoms with Gasteiger partial charge in [0.15, 0.2) is 6.10 Å². The Bertz CT molecular complexity index is 346. The number of carbonyl (C=O) groups is 1. The van der Waals surface area contributed by atoms with E-state index in [1.165, 1.54) is 0 Å². The van der Waals surface area contributed by atoms with Gasteiger partial charge in [0.25, 0.3) is 0 Å². The molecule has 0 unspecified atom stereocenters. The van der Waals surface area contributed by atoms with Crippen LogP contribution in [0.25, 0.3) is 0 Å². The van der Waals surface area contributed by atoms with Crippen molar-refractivity contribution in [2.24, 2.45) is 0 Å². The van der Waals surface area contributed by atoms with Gasteiger partial charge in [-0.05, 0) is 0 Å². The molecule has 0 saturated heterocycles. The van der Waals surface area contributed by atoms with Crippen molar-refractivity contribution >= 4 is 13.8 Å². The van der Waals surface area contributed by atoms with E-state index in [0.717, 1.165) is 0 Å². The molecule has 0 heterocycles. The molecule has 0 fully saturated rings. The van der Waals surface area contributed by atoms with Crippen LogP contribution in [0.2, 0.25) is 0 Å². The number of ether oxygens (including phenoxy) is 1. The molecule has 10 nitrogen and oxygen atoms in total. The zero-order valence-corrected chi connectivity index (χ0v) is 11.0. The van der Waals surface area contributed by atoms with E-state index >= 15 is 0 Å². The molecule has 0 aromatic carbocycles. The lowest BCUT2D eigenvalue weighted by molar-refractivity contribution is -0.170. The first kappa shape index (κ1) is 19.4. The molecule has 0 aromatic heterocycles. The lowest BCUT2D eigenvalue weighted by Gasteiger charge is -2.25. The summed E-state index contributed by atoms with van der Waals surface area (Å²) >= 11 is 0. The van der Waals surface area contributed by atoms with Crippen molar-refractivity contribution in [1.82, 2.24) is 0 Å². The molecular formula is C8H16FO10P. The quantitative estimate of drug-likeness (QED) is 0.190. The predicted molar refractivity (Wildman–Crippen MR) is 59.0 cm³/mol. The lowest BCUT2D eigenvalue weighted by atomic mass is 10.0. The number of hydrogen-bond donors (Lipinski definition) is 6. The maximum atomic E-state index is 11.7. The van der Waals surface area contributed by atoms with Crippen LogP contribution in [0.3, 0.4) is 0 Å². The van der Waals surface area contributed by atoms with Gasteiger partial charge >= 0.3 is 13.8 Å². The molecule has 0 aliphatic heterocycles. The Hall–Kier alpha value is -0.650. The number of halogens is 1. The molecule has 0 radical (unpaired) electrons. The van der Waals surface area contributed by atoms with E-state index in [1.807, 2.05) is 0 Å². The van der Waals surface area contributed by atoms with Crippen LogP contribution in [0, 0.1) is 0 Å². The second-order valence-electron chi connectivity index (χ2n) is 3.64. The summed E-state index contributed by atoms with van der Waals surface area (Å²) in [5.74, 6) is -1.43. The summed E-state index contributed by atoms with van der Waals surface area (Å²) in [5.41, 5.74) is 0. The number of phosphoric acid groups is 1. The molecule has 12 heteroatoms. The Morgan fingerprint density at radius 1 is 1.15 bits per heavy atom. The molecule has 0 aliphatic carbocycles. The van der Waals surface area contributed by atoms with Gasteiger partial charge in [-0.2, -0.15) is 0 Å². The van der Waals surface area contributed by atoms with Crippen molar-refractivity contribution in [3.8, 4) is 0 Å². The molecule has 4 atom stereocenters. The first-order valence-electron chi connectivity index (χ1n) is 5.25. The normalized spacial score (nSPS) is 18.1. The molecule has 0 aromatic rings. The average Bonchev–Trinajstić information content (AvgIpc) is 2.38. The Kier molecular flexibility index (Phi) is 8.32. The van der Waals surface area contributed by atoms with E-state index in [2.05, 4.69) is 9.26 Å². The van der Waals surface area contributed by atoms with Gasteiger partial charge in [-0.25, -0.2) is 13.8 Å². The monoisotopic (exact) mass is 322 g/mol. The zero-order chi connectivity index (χ0) is 15.9. The first-order chi connectivity index (χ1) is 9.10. The number of hydrogen-bond acceptors (Lipinski definition) is 8. The van der Waals surface area contributed by atoms with Crippen molar-refractivity contribution in [2.75, 3.05) is 19.9 Å². The summed E-state index contributed by atoms with van der Waals surface area (Å²) in [6.45, 7) is -2.74. The van der Waals surface area contributed by atoms with Crippen LogP contribution in [0.4, 0.5) is 4.39 Å². The van der Waals surface area contributed by atoms with E-state index in [9.17, 15) is 34.2 Å². The third kappa shape index (κ3) is 7.22. The number of aliphatic hydroxyl groups excluding tert-OH is 4. The molecule has 0 spiro atoms. The fourth-order valence-corrected chi connectivity index (χ4v) is 1.40. The van der Waals surface area contributed by atoms with Gasteiger partial charge in [0.1, 0.15) is 31.6 Å². The molecule has 0 aliphatic rings. The fraction of sp³-hybridized carbons (Fsp3) is 0.875. The number of esters is 1. The summed E-state index contributed by atoms with van der Waals surface area (Å²) in [5, 5.41) is 37.2. The summed E-state index contributed by atoms with van der Waals surface area (Å²) in [6.07, 6.45) is -8.66.